The van der Waals surface area contributed by atoms with E-state index in [0.717, 1.165) is 35.2 Å². The molecule has 36 heavy (non-hydrogen) atoms. The van der Waals surface area contributed by atoms with Crippen molar-refractivity contribution in [3.8, 4) is 11.5 Å². The molecule has 0 saturated heterocycles. The second-order valence-corrected chi connectivity index (χ2v) is 9.05. The zero-order valence-corrected chi connectivity index (χ0v) is 21.3. The van der Waals surface area contributed by atoms with E-state index in [-0.39, 0.29) is 11.7 Å². The molecule has 0 saturated carbocycles. The Bertz CT molecular complexity index is 1300. The van der Waals surface area contributed by atoms with E-state index >= 15 is 0 Å². The van der Waals surface area contributed by atoms with Crippen molar-refractivity contribution in [3.63, 3.8) is 0 Å². The number of carbonyl (C=O) groups excluding carboxylic acids is 1. The fourth-order valence-electron chi connectivity index (χ4n) is 3.79. The highest BCUT2D eigenvalue weighted by molar-refractivity contribution is 7.99. The van der Waals surface area contributed by atoms with Gasteiger partial charge in [-0.2, -0.15) is 0 Å². The smallest absolute Gasteiger partial charge is 0.230 e. The Balaban J connectivity index is 1.31. The molecular formula is C28H30N4O3S. The van der Waals surface area contributed by atoms with Crippen LogP contribution in [0.15, 0.2) is 78.0 Å². The first-order valence-corrected chi connectivity index (χ1v) is 12.8. The van der Waals surface area contributed by atoms with Crippen molar-refractivity contribution in [1.29, 1.82) is 0 Å². The normalized spacial score (nSPS) is 10.7. The molecule has 0 aliphatic heterocycles. The molecule has 2 N–H and O–H groups in total. The van der Waals surface area contributed by atoms with Crippen LogP contribution in [-0.2, 0) is 17.6 Å². The average Bonchev–Trinajstić information content (AvgIpc) is 2.92. The summed E-state index contributed by atoms with van der Waals surface area (Å²) in [6.07, 6.45) is 1.59. The number of anilines is 1. The molecule has 0 unspecified atom stereocenters. The van der Waals surface area contributed by atoms with Gasteiger partial charge < -0.3 is 20.1 Å². The van der Waals surface area contributed by atoms with E-state index in [1.165, 1.54) is 17.3 Å². The summed E-state index contributed by atoms with van der Waals surface area (Å²) in [7, 11) is 3.22. The van der Waals surface area contributed by atoms with Gasteiger partial charge in [-0.1, -0.05) is 60.3 Å². The van der Waals surface area contributed by atoms with Gasteiger partial charge in [0.25, 0.3) is 0 Å². The summed E-state index contributed by atoms with van der Waals surface area (Å²) in [5.74, 6) is 2.33. The second-order valence-electron chi connectivity index (χ2n) is 8.11. The molecule has 0 aliphatic carbocycles. The Kier molecular flexibility index (Phi) is 8.99. The number of amides is 1. The fraction of sp³-hybridized carbons (Fsp3) is 0.250. The molecule has 0 aliphatic rings. The number of hydrogen-bond donors (Lipinski definition) is 2. The third kappa shape index (κ3) is 6.88. The molecule has 4 rings (SSSR count). The zero-order chi connectivity index (χ0) is 25.2. The summed E-state index contributed by atoms with van der Waals surface area (Å²) in [4.78, 5) is 21.8. The molecule has 186 valence electrons. The molecule has 0 bridgehead atoms. The van der Waals surface area contributed by atoms with E-state index < -0.39 is 0 Å². The highest BCUT2D eigenvalue weighted by Crippen LogP contribution is 2.28. The molecule has 7 nitrogen and oxygen atoms in total. The van der Waals surface area contributed by atoms with E-state index in [9.17, 15) is 4.79 Å². The van der Waals surface area contributed by atoms with E-state index in [1.807, 2.05) is 60.7 Å². The minimum Gasteiger partial charge on any atom is -0.493 e. The number of hydrogen-bond acceptors (Lipinski definition) is 7. The number of para-hydroxylation sites is 1. The fourth-order valence-corrected chi connectivity index (χ4v) is 4.47. The van der Waals surface area contributed by atoms with Gasteiger partial charge in [-0.25, -0.2) is 9.97 Å². The van der Waals surface area contributed by atoms with Gasteiger partial charge in [0.1, 0.15) is 5.82 Å². The van der Waals surface area contributed by atoms with Crippen LogP contribution in [0.5, 0.6) is 11.5 Å². The Morgan fingerprint density at radius 1 is 0.833 bits per heavy atom. The lowest BCUT2D eigenvalue weighted by Crippen LogP contribution is -2.27. The zero-order valence-electron chi connectivity index (χ0n) is 20.5. The molecular weight excluding hydrogens is 472 g/mol. The molecule has 0 atom stereocenters. The Hall–Kier alpha value is -3.78. The number of benzene rings is 3. The quantitative estimate of drug-likeness (QED) is 0.214. The summed E-state index contributed by atoms with van der Waals surface area (Å²) in [5.41, 5.74) is 3.18. The maximum Gasteiger partial charge on any atom is 0.230 e. The predicted octanol–water partition coefficient (Wildman–Crippen LogP) is 4.75. The van der Waals surface area contributed by atoms with Crippen LogP contribution in [0.25, 0.3) is 10.9 Å². The minimum atomic E-state index is -0.0594. The lowest BCUT2D eigenvalue weighted by Gasteiger charge is -2.11. The molecule has 8 heteroatoms. The van der Waals surface area contributed by atoms with Gasteiger partial charge in [0.05, 0.1) is 25.5 Å². The standard InChI is InChI=1S/C28H30N4O3S/c1-34-24-13-12-21(18-25(24)35-2)15-16-29-26(33)19-36-28-31-23-11-7-6-10-22(23)27(32-28)30-17-14-20-8-4-3-5-9-20/h3-13,18H,14-17,19H2,1-2H3,(H,29,33)(H,30,31,32). The van der Waals surface area contributed by atoms with Gasteiger partial charge in [-0.15, -0.1) is 0 Å². The Morgan fingerprint density at radius 2 is 1.58 bits per heavy atom. The molecule has 1 aromatic heterocycles. The van der Waals surface area contributed by atoms with Crippen molar-refractivity contribution < 1.29 is 14.3 Å². The summed E-state index contributed by atoms with van der Waals surface area (Å²) in [5, 5.41) is 7.96. The Morgan fingerprint density at radius 3 is 2.39 bits per heavy atom. The van der Waals surface area contributed by atoms with E-state index in [0.29, 0.717) is 29.6 Å². The molecule has 1 amide bonds. The first kappa shape index (κ1) is 25.3. The van der Waals surface area contributed by atoms with Crippen LogP contribution in [0.3, 0.4) is 0 Å². The maximum absolute atomic E-state index is 12.5. The molecule has 0 fully saturated rings. The van der Waals surface area contributed by atoms with Crippen molar-refractivity contribution in [3.05, 3.63) is 83.9 Å². The largest absolute Gasteiger partial charge is 0.493 e. The van der Waals surface area contributed by atoms with Crippen LogP contribution in [0.1, 0.15) is 11.1 Å². The molecule has 0 spiro atoms. The molecule has 3 aromatic carbocycles. The molecule has 1 heterocycles. The number of fused-ring (bicyclic) bond motifs is 1. The summed E-state index contributed by atoms with van der Waals surface area (Å²) in [6, 6.07) is 24.0. The molecule has 4 aromatic rings. The first-order valence-electron chi connectivity index (χ1n) is 11.8. The van der Waals surface area contributed by atoms with E-state index in [1.54, 1.807) is 14.2 Å². The third-order valence-corrected chi connectivity index (χ3v) is 6.50. The number of aromatic nitrogens is 2. The SMILES string of the molecule is COc1ccc(CCNC(=O)CSc2nc(NCCc3ccccc3)c3ccccc3n2)cc1OC. The molecule has 0 radical (unpaired) electrons. The monoisotopic (exact) mass is 502 g/mol. The summed E-state index contributed by atoms with van der Waals surface area (Å²) >= 11 is 1.33. The van der Waals surface area contributed by atoms with E-state index in [4.69, 9.17) is 14.5 Å². The van der Waals surface area contributed by atoms with Gasteiger partial charge in [-0.05, 0) is 48.2 Å². The number of methoxy groups -OCH3 is 2. The van der Waals surface area contributed by atoms with Crippen molar-refractivity contribution in [1.82, 2.24) is 15.3 Å². The summed E-state index contributed by atoms with van der Waals surface area (Å²) < 4.78 is 10.6. The van der Waals surface area contributed by atoms with Gasteiger partial charge >= 0.3 is 0 Å². The van der Waals surface area contributed by atoms with Crippen molar-refractivity contribution >= 4 is 34.4 Å². The second kappa shape index (κ2) is 12.8. The highest BCUT2D eigenvalue weighted by Gasteiger charge is 2.11. The number of ether oxygens (including phenoxy) is 2. The van der Waals surface area contributed by atoms with Gasteiger partial charge in [-0.3, -0.25) is 4.79 Å². The highest BCUT2D eigenvalue weighted by atomic mass is 32.2. The van der Waals surface area contributed by atoms with Crippen LogP contribution in [0, 0.1) is 0 Å². The predicted molar refractivity (Wildman–Crippen MR) is 145 cm³/mol. The average molecular weight is 503 g/mol. The number of thioether (sulfide) groups is 1. The third-order valence-electron chi connectivity index (χ3n) is 5.65. The number of carbonyl (C=O) groups is 1. The van der Waals surface area contributed by atoms with Crippen LogP contribution in [0.4, 0.5) is 5.82 Å². The van der Waals surface area contributed by atoms with E-state index in [2.05, 4.69) is 27.8 Å². The maximum atomic E-state index is 12.5. The van der Waals surface area contributed by atoms with Gasteiger partial charge in [0, 0.05) is 18.5 Å². The van der Waals surface area contributed by atoms with Crippen molar-refractivity contribution in [2.75, 3.05) is 38.4 Å². The number of nitrogens with one attached hydrogen (secondary N) is 2. The Labute approximate surface area is 215 Å². The lowest BCUT2D eigenvalue weighted by atomic mass is 10.1. The summed E-state index contributed by atoms with van der Waals surface area (Å²) in [6.45, 7) is 1.28. The lowest BCUT2D eigenvalue weighted by molar-refractivity contribution is -0.118. The van der Waals surface area contributed by atoms with Crippen LogP contribution >= 0.6 is 11.8 Å². The minimum absolute atomic E-state index is 0.0594. The first-order chi connectivity index (χ1) is 17.7. The van der Waals surface area contributed by atoms with Crippen LogP contribution in [0.2, 0.25) is 0 Å². The topological polar surface area (TPSA) is 85.4 Å². The number of nitrogens with zero attached hydrogens (tertiary/aromatic N) is 2. The van der Waals surface area contributed by atoms with Gasteiger partial charge in [0.15, 0.2) is 16.7 Å². The van der Waals surface area contributed by atoms with Crippen LogP contribution in [-0.4, -0.2) is 48.9 Å². The van der Waals surface area contributed by atoms with Crippen LogP contribution < -0.4 is 20.1 Å². The van der Waals surface area contributed by atoms with Crippen molar-refractivity contribution in [2.45, 2.75) is 18.0 Å². The van der Waals surface area contributed by atoms with Gasteiger partial charge in [0.2, 0.25) is 5.91 Å². The van der Waals surface area contributed by atoms with Crippen molar-refractivity contribution in [2.24, 2.45) is 0 Å². The number of rotatable bonds is 12.